The van der Waals surface area contributed by atoms with Crippen molar-refractivity contribution in [2.24, 2.45) is 0 Å². The number of nitrogens with zero attached hydrogens (tertiary/aromatic N) is 2. The molecule has 0 fully saturated rings. The van der Waals surface area contributed by atoms with Crippen LogP contribution in [0.15, 0.2) is 78.9 Å². The van der Waals surface area contributed by atoms with E-state index in [1.807, 2.05) is 24.3 Å². The highest BCUT2D eigenvalue weighted by atomic mass is 19.1. The fourth-order valence-electron chi connectivity index (χ4n) is 3.97. The molecule has 5 nitrogen and oxygen atoms in total. The van der Waals surface area contributed by atoms with Gasteiger partial charge in [-0.05, 0) is 54.3 Å². The molecule has 0 aliphatic heterocycles. The van der Waals surface area contributed by atoms with Crippen LogP contribution in [0.4, 0.5) is 10.2 Å². The quantitative estimate of drug-likeness (QED) is 0.496. The molecule has 1 amide bonds. The van der Waals surface area contributed by atoms with Gasteiger partial charge in [0.15, 0.2) is 5.82 Å². The molecule has 5 rings (SSSR count). The molecule has 0 bridgehead atoms. The Hall–Kier alpha value is -3.90. The molecule has 3 aromatic carbocycles. The topological polar surface area (TPSA) is 75.1 Å². The Labute approximate surface area is 184 Å². The van der Waals surface area contributed by atoms with Gasteiger partial charge in [-0.15, -0.1) is 0 Å². The number of anilines is 1. The van der Waals surface area contributed by atoms with Crippen molar-refractivity contribution in [1.82, 2.24) is 9.97 Å². The highest BCUT2D eigenvalue weighted by molar-refractivity contribution is 6.04. The molecule has 0 saturated heterocycles. The first kappa shape index (κ1) is 20.0. The van der Waals surface area contributed by atoms with Crippen LogP contribution < -0.4 is 5.32 Å². The number of fused-ring (bicyclic) bond motifs is 3. The molecular formula is C26H20FN3O2. The van der Waals surface area contributed by atoms with Gasteiger partial charge < -0.3 is 10.4 Å². The first-order chi connectivity index (χ1) is 15.6. The predicted molar refractivity (Wildman–Crippen MR) is 120 cm³/mol. The zero-order chi connectivity index (χ0) is 22.1. The van der Waals surface area contributed by atoms with Gasteiger partial charge in [0, 0.05) is 11.1 Å². The van der Waals surface area contributed by atoms with Crippen molar-refractivity contribution >= 4 is 11.7 Å². The number of aliphatic hydroxyl groups is 1. The molecule has 0 spiro atoms. The summed E-state index contributed by atoms with van der Waals surface area (Å²) in [7, 11) is 0. The lowest BCUT2D eigenvalue weighted by molar-refractivity contribution is 0.102. The van der Waals surface area contributed by atoms with Crippen LogP contribution in [-0.2, 0) is 12.8 Å². The van der Waals surface area contributed by atoms with Crippen molar-refractivity contribution in [1.29, 1.82) is 0 Å². The molecule has 32 heavy (non-hydrogen) atoms. The van der Waals surface area contributed by atoms with Crippen molar-refractivity contribution in [3.8, 4) is 11.3 Å². The molecule has 2 N–H and O–H groups in total. The Morgan fingerprint density at radius 3 is 2.41 bits per heavy atom. The van der Waals surface area contributed by atoms with Crippen LogP contribution in [0.1, 0.15) is 39.0 Å². The van der Waals surface area contributed by atoms with Gasteiger partial charge >= 0.3 is 0 Å². The summed E-state index contributed by atoms with van der Waals surface area (Å²) >= 11 is 0. The van der Waals surface area contributed by atoms with Crippen molar-refractivity contribution in [3.63, 3.8) is 0 Å². The minimum absolute atomic E-state index is 0.222. The standard InChI is InChI=1S/C26H20FN3O2/c27-19-12-13-20-18(15-19)11-14-21-22(20)29-23(24(31)16-7-3-1-4-8-16)25(28-21)30-26(32)17-9-5-2-6-10-17/h1-10,12-13,15,24,31H,11,14H2,(H,28,30,32). The maximum Gasteiger partial charge on any atom is 0.256 e. The monoisotopic (exact) mass is 425 g/mol. The van der Waals surface area contributed by atoms with Crippen LogP contribution in [0.2, 0.25) is 0 Å². The molecular weight excluding hydrogens is 405 g/mol. The average molecular weight is 425 g/mol. The number of nitrogens with one attached hydrogen (secondary N) is 1. The molecule has 1 atom stereocenters. The Morgan fingerprint density at radius 1 is 0.938 bits per heavy atom. The molecule has 1 unspecified atom stereocenters. The normalized spacial score (nSPS) is 13.1. The zero-order valence-electron chi connectivity index (χ0n) is 17.1. The van der Waals surface area contributed by atoms with Crippen molar-refractivity contribution in [2.75, 3.05) is 5.32 Å². The van der Waals surface area contributed by atoms with Gasteiger partial charge in [-0.2, -0.15) is 0 Å². The van der Waals surface area contributed by atoms with E-state index in [2.05, 4.69) is 5.32 Å². The van der Waals surface area contributed by atoms with E-state index >= 15 is 0 Å². The molecule has 1 aliphatic carbocycles. The molecule has 6 heteroatoms. The third-order valence-corrected chi connectivity index (χ3v) is 5.59. The molecule has 158 valence electrons. The van der Waals surface area contributed by atoms with Crippen LogP contribution in [0.3, 0.4) is 0 Å². The smallest absolute Gasteiger partial charge is 0.256 e. The molecule has 0 radical (unpaired) electrons. The fourth-order valence-corrected chi connectivity index (χ4v) is 3.97. The van der Waals surface area contributed by atoms with Gasteiger partial charge in [0.05, 0.1) is 11.4 Å². The van der Waals surface area contributed by atoms with Gasteiger partial charge in [0.1, 0.15) is 17.6 Å². The second kappa shape index (κ2) is 8.32. The Bertz CT molecular complexity index is 1290. The molecule has 0 saturated carbocycles. The van der Waals surface area contributed by atoms with Crippen LogP contribution >= 0.6 is 0 Å². The second-order valence-electron chi connectivity index (χ2n) is 7.69. The summed E-state index contributed by atoms with van der Waals surface area (Å²) in [5, 5.41) is 14.0. The first-order valence-electron chi connectivity index (χ1n) is 10.4. The van der Waals surface area contributed by atoms with E-state index in [1.54, 1.807) is 42.5 Å². The van der Waals surface area contributed by atoms with Crippen molar-refractivity contribution < 1.29 is 14.3 Å². The van der Waals surface area contributed by atoms with Crippen LogP contribution in [0.5, 0.6) is 0 Å². The summed E-state index contributed by atoms with van der Waals surface area (Å²) in [6, 6.07) is 22.5. The number of carbonyl (C=O) groups is 1. The number of aryl methyl sites for hydroxylation is 2. The minimum Gasteiger partial charge on any atom is -0.382 e. The third-order valence-electron chi connectivity index (χ3n) is 5.59. The number of carbonyl (C=O) groups excluding carboxylic acids is 1. The number of hydrogen-bond donors (Lipinski definition) is 2. The summed E-state index contributed by atoms with van der Waals surface area (Å²) in [5.41, 5.74) is 4.32. The van der Waals surface area contributed by atoms with E-state index in [0.717, 1.165) is 11.1 Å². The SMILES string of the molecule is O=C(Nc1nc2c(nc1C(O)c1ccccc1)-c1ccc(F)cc1CC2)c1ccccc1. The second-order valence-corrected chi connectivity index (χ2v) is 7.69. The lowest BCUT2D eigenvalue weighted by Gasteiger charge is -2.22. The van der Waals surface area contributed by atoms with Gasteiger partial charge in [0.25, 0.3) is 5.91 Å². The van der Waals surface area contributed by atoms with Crippen molar-refractivity contribution in [3.05, 3.63) is 113 Å². The maximum absolute atomic E-state index is 13.7. The number of rotatable bonds is 4. The van der Waals surface area contributed by atoms with E-state index in [-0.39, 0.29) is 23.2 Å². The van der Waals surface area contributed by atoms with Crippen LogP contribution in [-0.4, -0.2) is 21.0 Å². The average Bonchev–Trinajstić information content (AvgIpc) is 2.84. The molecule has 1 heterocycles. The van der Waals surface area contributed by atoms with Gasteiger partial charge in [-0.3, -0.25) is 4.79 Å². The van der Waals surface area contributed by atoms with E-state index in [9.17, 15) is 14.3 Å². The van der Waals surface area contributed by atoms with Crippen molar-refractivity contribution in [2.45, 2.75) is 18.9 Å². The van der Waals surface area contributed by atoms with Gasteiger partial charge in [-0.1, -0.05) is 48.5 Å². The lowest BCUT2D eigenvalue weighted by Crippen LogP contribution is -2.20. The third kappa shape index (κ3) is 3.76. The molecule has 4 aromatic rings. The summed E-state index contributed by atoms with van der Waals surface area (Å²) in [5.74, 6) is -0.407. The molecule has 1 aliphatic rings. The minimum atomic E-state index is -1.09. The zero-order valence-corrected chi connectivity index (χ0v) is 17.1. The van der Waals surface area contributed by atoms with E-state index in [0.29, 0.717) is 35.4 Å². The largest absolute Gasteiger partial charge is 0.382 e. The summed E-state index contributed by atoms with van der Waals surface area (Å²) < 4.78 is 13.7. The number of benzene rings is 3. The summed E-state index contributed by atoms with van der Waals surface area (Å²) in [6.07, 6.45) is 0.0989. The molecule has 1 aromatic heterocycles. The van der Waals surface area contributed by atoms with Gasteiger partial charge in [-0.25, -0.2) is 14.4 Å². The van der Waals surface area contributed by atoms with Gasteiger partial charge in [0.2, 0.25) is 0 Å². The Kier molecular flexibility index (Phi) is 5.21. The Balaban J connectivity index is 1.62. The maximum atomic E-state index is 13.7. The van der Waals surface area contributed by atoms with Crippen LogP contribution in [0.25, 0.3) is 11.3 Å². The number of halogens is 1. The summed E-state index contributed by atoms with van der Waals surface area (Å²) in [6.45, 7) is 0. The number of amides is 1. The fraction of sp³-hybridized carbons (Fsp3) is 0.115. The Morgan fingerprint density at radius 2 is 1.66 bits per heavy atom. The number of aromatic nitrogens is 2. The van der Waals surface area contributed by atoms with E-state index < -0.39 is 6.10 Å². The van der Waals surface area contributed by atoms with E-state index in [1.165, 1.54) is 12.1 Å². The number of hydrogen-bond acceptors (Lipinski definition) is 4. The predicted octanol–water partition coefficient (Wildman–Crippen LogP) is 4.72. The summed E-state index contributed by atoms with van der Waals surface area (Å²) in [4.78, 5) is 22.3. The van der Waals surface area contributed by atoms with Crippen LogP contribution in [0, 0.1) is 5.82 Å². The first-order valence-corrected chi connectivity index (χ1v) is 10.4. The van der Waals surface area contributed by atoms with E-state index in [4.69, 9.17) is 9.97 Å². The highest BCUT2D eigenvalue weighted by Crippen LogP contribution is 2.35. The lowest BCUT2D eigenvalue weighted by atomic mass is 9.91. The number of aliphatic hydroxyl groups excluding tert-OH is 1. The highest BCUT2D eigenvalue weighted by Gasteiger charge is 2.26.